The largest absolute Gasteiger partial charge is 0.394 e. The Morgan fingerprint density at radius 1 is 1.50 bits per heavy atom. The van der Waals surface area contributed by atoms with Gasteiger partial charge in [0.15, 0.2) is 0 Å². The highest BCUT2D eigenvalue weighted by molar-refractivity contribution is 7.89. The third-order valence-corrected chi connectivity index (χ3v) is 4.71. The van der Waals surface area contributed by atoms with Crippen molar-refractivity contribution in [2.24, 2.45) is 0 Å². The van der Waals surface area contributed by atoms with Crippen molar-refractivity contribution in [3.05, 3.63) is 0 Å². The molecule has 0 aromatic heterocycles. The number of morpholine rings is 1. The van der Waals surface area contributed by atoms with E-state index < -0.39 is 16.1 Å². The third-order valence-electron chi connectivity index (χ3n) is 2.80. The van der Waals surface area contributed by atoms with Gasteiger partial charge in [-0.05, 0) is 20.8 Å². The molecule has 1 heterocycles. The Bertz CT molecular complexity index is 343. The van der Waals surface area contributed by atoms with Crippen molar-refractivity contribution in [1.29, 1.82) is 0 Å². The van der Waals surface area contributed by atoms with Crippen LogP contribution in [0.4, 0.5) is 0 Å². The van der Waals surface area contributed by atoms with E-state index >= 15 is 0 Å². The molecule has 0 spiro atoms. The summed E-state index contributed by atoms with van der Waals surface area (Å²) < 4.78 is 36.3. The molecule has 0 aromatic rings. The zero-order chi connectivity index (χ0) is 13.8. The molecule has 0 aliphatic carbocycles. The monoisotopic (exact) mass is 281 g/mol. The zero-order valence-electron chi connectivity index (χ0n) is 11.2. The first-order valence-corrected chi connectivity index (χ1v) is 7.81. The minimum Gasteiger partial charge on any atom is -0.394 e. The van der Waals surface area contributed by atoms with E-state index in [0.29, 0.717) is 6.61 Å². The van der Waals surface area contributed by atoms with E-state index in [0.717, 1.165) is 0 Å². The summed E-state index contributed by atoms with van der Waals surface area (Å²) >= 11 is 0. The van der Waals surface area contributed by atoms with Crippen molar-refractivity contribution in [2.45, 2.75) is 39.0 Å². The summed E-state index contributed by atoms with van der Waals surface area (Å²) in [4.78, 5) is 0. The molecule has 0 aromatic carbocycles. The normalized spacial score (nSPS) is 26.7. The van der Waals surface area contributed by atoms with Crippen LogP contribution in [-0.2, 0) is 19.5 Å². The lowest BCUT2D eigenvalue weighted by Crippen LogP contribution is -2.52. The predicted octanol–water partition coefficient (Wildman–Crippen LogP) is -0.177. The second-order valence-corrected chi connectivity index (χ2v) is 6.83. The van der Waals surface area contributed by atoms with Crippen LogP contribution < -0.4 is 0 Å². The zero-order valence-corrected chi connectivity index (χ0v) is 12.0. The maximum absolute atomic E-state index is 12.1. The summed E-state index contributed by atoms with van der Waals surface area (Å²) in [5.74, 6) is -0.0341. The van der Waals surface area contributed by atoms with Crippen LogP contribution in [0.3, 0.4) is 0 Å². The van der Waals surface area contributed by atoms with Gasteiger partial charge in [0, 0.05) is 12.6 Å². The fourth-order valence-corrected chi connectivity index (χ4v) is 3.34. The maximum Gasteiger partial charge on any atom is 0.216 e. The molecule has 6 nitrogen and oxygen atoms in total. The van der Waals surface area contributed by atoms with E-state index in [4.69, 9.17) is 14.6 Å². The third kappa shape index (κ3) is 4.47. The average molecular weight is 281 g/mol. The van der Waals surface area contributed by atoms with E-state index in [2.05, 4.69) is 0 Å². The van der Waals surface area contributed by atoms with Gasteiger partial charge in [-0.25, -0.2) is 8.42 Å². The van der Waals surface area contributed by atoms with Gasteiger partial charge in [-0.1, -0.05) is 0 Å². The van der Waals surface area contributed by atoms with Crippen LogP contribution in [0, 0.1) is 0 Å². The molecule has 1 N–H and O–H groups in total. The molecular weight excluding hydrogens is 258 g/mol. The summed E-state index contributed by atoms with van der Waals surface area (Å²) in [6.07, 6.45) is -0.408. The van der Waals surface area contributed by atoms with Crippen LogP contribution in [0.5, 0.6) is 0 Å². The number of hydrogen-bond acceptors (Lipinski definition) is 5. The van der Waals surface area contributed by atoms with E-state index in [1.165, 1.54) is 4.31 Å². The van der Waals surface area contributed by atoms with Gasteiger partial charge in [0.25, 0.3) is 0 Å². The van der Waals surface area contributed by atoms with Crippen molar-refractivity contribution in [3.63, 3.8) is 0 Å². The van der Waals surface area contributed by atoms with Crippen LogP contribution >= 0.6 is 0 Å². The molecule has 0 amide bonds. The Morgan fingerprint density at radius 3 is 2.72 bits per heavy atom. The van der Waals surface area contributed by atoms with E-state index in [1.807, 2.05) is 13.8 Å². The second-order valence-electron chi connectivity index (χ2n) is 4.79. The molecule has 1 fully saturated rings. The molecule has 0 saturated carbocycles. The smallest absolute Gasteiger partial charge is 0.216 e. The molecule has 0 radical (unpaired) electrons. The summed E-state index contributed by atoms with van der Waals surface area (Å²) in [7, 11) is -3.35. The number of hydrogen-bond donors (Lipinski definition) is 1. The molecule has 0 bridgehead atoms. The van der Waals surface area contributed by atoms with Gasteiger partial charge in [-0.2, -0.15) is 4.31 Å². The van der Waals surface area contributed by atoms with Crippen molar-refractivity contribution in [1.82, 2.24) is 4.31 Å². The molecule has 1 saturated heterocycles. The Balaban J connectivity index is 2.58. The lowest BCUT2D eigenvalue weighted by atomic mass is 10.2. The number of aliphatic hydroxyl groups excluding tert-OH is 1. The highest BCUT2D eigenvalue weighted by atomic mass is 32.2. The van der Waals surface area contributed by atoms with Crippen molar-refractivity contribution in [3.8, 4) is 0 Å². The molecule has 1 aliphatic rings. The van der Waals surface area contributed by atoms with Crippen LogP contribution in [0.2, 0.25) is 0 Å². The summed E-state index contributed by atoms with van der Waals surface area (Å²) in [6, 6.07) is -0.197. The minimum atomic E-state index is -3.35. The van der Waals surface area contributed by atoms with Gasteiger partial charge in [-0.3, -0.25) is 0 Å². The van der Waals surface area contributed by atoms with Crippen LogP contribution in [-0.4, -0.2) is 68.2 Å². The molecule has 1 rings (SSSR count). The van der Waals surface area contributed by atoms with Gasteiger partial charge in [0.2, 0.25) is 10.0 Å². The highest BCUT2D eigenvalue weighted by Crippen LogP contribution is 2.16. The topological polar surface area (TPSA) is 76.1 Å². The molecule has 108 valence electrons. The van der Waals surface area contributed by atoms with Gasteiger partial charge >= 0.3 is 0 Å². The van der Waals surface area contributed by atoms with Crippen LogP contribution in [0.15, 0.2) is 0 Å². The van der Waals surface area contributed by atoms with Crippen LogP contribution in [0.25, 0.3) is 0 Å². The minimum absolute atomic E-state index is 0.0208. The first-order valence-electron chi connectivity index (χ1n) is 6.20. The van der Waals surface area contributed by atoms with Crippen molar-refractivity contribution >= 4 is 10.0 Å². The number of ether oxygens (including phenoxy) is 2. The van der Waals surface area contributed by atoms with Gasteiger partial charge in [-0.15, -0.1) is 0 Å². The average Bonchev–Trinajstić information content (AvgIpc) is 2.28. The Kier molecular flexibility index (Phi) is 6.00. The lowest BCUT2D eigenvalue weighted by molar-refractivity contribution is -0.0517. The Labute approximate surface area is 109 Å². The van der Waals surface area contributed by atoms with Gasteiger partial charge in [0.1, 0.15) is 0 Å². The molecule has 18 heavy (non-hydrogen) atoms. The summed E-state index contributed by atoms with van der Waals surface area (Å²) in [5.41, 5.74) is 0. The van der Waals surface area contributed by atoms with Gasteiger partial charge < -0.3 is 14.6 Å². The fourth-order valence-electron chi connectivity index (χ4n) is 1.80. The van der Waals surface area contributed by atoms with Crippen molar-refractivity contribution in [2.75, 3.05) is 32.1 Å². The number of aliphatic hydroxyl groups is 1. The quantitative estimate of drug-likeness (QED) is 0.731. The fraction of sp³-hybridized carbons (Fsp3) is 1.00. The molecule has 7 heteroatoms. The Morgan fingerprint density at radius 2 is 2.17 bits per heavy atom. The first-order chi connectivity index (χ1) is 8.36. The molecule has 1 aliphatic heterocycles. The lowest BCUT2D eigenvalue weighted by Gasteiger charge is -2.36. The predicted molar refractivity (Wildman–Crippen MR) is 67.9 cm³/mol. The van der Waals surface area contributed by atoms with Crippen molar-refractivity contribution < 1.29 is 23.0 Å². The van der Waals surface area contributed by atoms with Gasteiger partial charge in [0.05, 0.1) is 37.8 Å². The number of sulfonamides is 1. The second kappa shape index (κ2) is 6.81. The standard InChI is InChI=1S/C11H23NO5S/c1-9(2)16-4-5-18(14,15)12-6-11(7-13)17-8-10(12)3/h9-11,13H,4-8H2,1-3H3. The van der Waals surface area contributed by atoms with E-state index in [1.54, 1.807) is 6.92 Å². The molecule has 2 unspecified atom stereocenters. The maximum atomic E-state index is 12.1. The molecule has 2 atom stereocenters. The SMILES string of the molecule is CC(C)OCCS(=O)(=O)N1CC(CO)OCC1C. The number of rotatable bonds is 6. The first kappa shape index (κ1) is 15.8. The Hall–Kier alpha value is -0.210. The summed E-state index contributed by atoms with van der Waals surface area (Å²) in [5, 5.41) is 9.04. The highest BCUT2D eigenvalue weighted by Gasteiger charge is 2.33. The van der Waals surface area contributed by atoms with Crippen LogP contribution in [0.1, 0.15) is 20.8 Å². The van der Waals surface area contributed by atoms with E-state index in [9.17, 15) is 8.42 Å². The number of nitrogens with zero attached hydrogens (tertiary/aromatic N) is 1. The molecular formula is C11H23NO5S. The summed E-state index contributed by atoms with van der Waals surface area (Å²) in [6.45, 7) is 6.08. The van der Waals surface area contributed by atoms with E-state index in [-0.39, 0.29) is 37.7 Å².